The summed E-state index contributed by atoms with van der Waals surface area (Å²) in [7, 11) is 0. The van der Waals surface area contributed by atoms with Gasteiger partial charge >= 0.3 is 0 Å². The maximum Gasteiger partial charge on any atom is 0.124 e. The van der Waals surface area contributed by atoms with E-state index in [1.807, 2.05) is 6.07 Å². The SMILES string of the molecule is NNC(CSc1cccc(F)c1)Cc1cc(F)ccc1Cl. The van der Waals surface area contributed by atoms with Crippen molar-refractivity contribution in [3.63, 3.8) is 0 Å². The first-order valence-electron chi connectivity index (χ1n) is 6.37. The highest BCUT2D eigenvalue weighted by molar-refractivity contribution is 7.99. The molecule has 0 bridgehead atoms. The van der Waals surface area contributed by atoms with Crippen LogP contribution in [0.5, 0.6) is 0 Å². The molecule has 6 heteroatoms. The van der Waals surface area contributed by atoms with Crippen molar-refractivity contribution in [1.29, 1.82) is 0 Å². The highest BCUT2D eigenvalue weighted by atomic mass is 35.5. The van der Waals surface area contributed by atoms with Crippen molar-refractivity contribution >= 4 is 23.4 Å². The molecule has 2 nitrogen and oxygen atoms in total. The topological polar surface area (TPSA) is 38.0 Å². The summed E-state index contributed by atoms with van der Waals surface area (Å²) in [6.07, 6.45) is 0.495. The largest absolute Gasteiger partial charge is 0.271 e. The van der Waals surface area contributed by atoms with E-state index in [1.165, 1.54) is 42.1 Å². The molecule has 0 aliphatic heterocycles. The smallest absolute Gasteiger partial charge is 0.124 e. The van der Waals surface area contributed by atoms with Crippen LogP contribution in [-0.4, -0.2) is 11.8 Å². The van der Waals surface area contributed by atoms with Gasteiger partial charge in [0.2, 0.25) is 0 Å². The third-order valence-corrected chi connectivity index (χ3v) is 4.48. The van der Waals surface area contributed by atoms with Crippen LogP contribution in [0, 0.1) is 11.6 Å². The Balaban J connectivity index is 1.98. The summed E-state index contributed by atoms with van der Waals surface area (Å²) >= 11 is 7.52. The molecular weight excluding hydrogens is 314 g/mol. The fourth-order valence-electron chi connectivity index (χ4n) is 1.88. The van der Waals surface area contributed by atoms with E-state index in [0.29, 0.717) is 22.8 Å². The summed E-state index contributed by atoms with van der Waals surface area (Å²) in [4.78, 5) is 0.820. The van der Waals surface area contributed by atoms with Crippen molar-refractivity contribution in [1.82, 2.24) is 5.43 Å². The molecular formula is C15H15ClF2N2S. The van der Waals surface area contributed by atoms with Gasteiger partial charge < -0.3 is 0 Å². The highest BCUT2D eigenvalue weighted by Gasteiger charge is 2.12. The van der Waals surface area contributed by atoms with Gasteiger partial charge in [-0.15, -0.1) is 11.8 Å². The zero-order valence-electron chi connectivity index (χ0n) is 11.2. The zero-order chi connectivity index (χ0) is 15.2. The quantitative estimate of drug-likeness (QED) is 0.481. The lowest BCUT2D eigenvalue weighted by atomic mass is 10.1. The first-order chi connectivity index (χ1) is 10.1. The van der Waals surface area contributed by atoms with Gasteiger partial charge in [-0.1, -0.05) is 17.7 Å². The lowest BCUT2D eigenvalue weighted by Crippen LogP contribution is -2.38. The van der Waals surface area contributed by atoms with E-state index in [0.717, 1.165) is 4.90 Å². The lowest BCUT2D eigenvalue weighted by molar-refractivity contribution is 0.570. The number of rotatable bonds is 6. The van der Waals surface area contributed by atoms with Crippen molar-refractivity contribution in [2.45, 2.75) is 17.4 Å². The molecule has 0 saturated carbocycles. The molecule has 0 spiro atoms. The number of hydrogen-bond donors (Lipinski definition) is 2. The van der Waals surface area contributed by atoms with E-state index in [2.05, 4.69) is 5.43 Å². The second kappa shape index (κ2) is 7.75. The third kappa shape index (κ3) is 4.97. The Morgan fingerprint density at radius 2 is 1.90 bits per heavy atom. The fourth-order valence-corrected chi connectivity index (χ4v) is 3.06. The van der Waals surface area contributed by atoms with Gasteiger partial charge in [-0.3, -0.25) is 11.3 Å². The number of halogens is 3. The Morgan fingerprint density at radius 3 is 2.62 bits per heavy atom. The maximum atomic E-state index is 13.2. The van der Waals surface area contributed by atoms with Crippen LogP contribution in [0.2, 0.25) is 5.02 Å². The monoisotopic (exact) mass is 328 g/mol. The average Bonchev–Trinajstić information content (AvgIpc) is 2.47. The predicted molar refractivity (Wildman–Crippen MR) is 83.3 cm³/mol. The van der Waals surface area contributed by atoms with Crippen LogP contribution in [0.1, 0.15) is 5.56 Å². The molecule has 3 N–H and O–H groups in total. The Bertz CT molecular complexity index is 610. The Hall–Kier alpha value is -1.14. The van der Waals surface area contributed by atoms with Gasteiger partial charge in [0.25, 0.3) is 0 Å². The van der Waals surface area contributed by atoms with Crippen molar-refractivity contribution < 1.29 is 8.78 Å². The molecule has 0 aliphatic rings. The Labute approximate surface area is 131 Å². The van der Waals surface area contributed by atoms with E-state index >= 15 is 0 Å². The number of thioether (sulfide) groups is 1. The lowest BCUT2D eigenvalue weighted by Gasteiger charge is -2.16. The van der Waals surface area contributed by atoms with Crippen LogP contribution in [0.15, 0.2) is 47.4 Å². The Morgan fingerprint density at radius 1 is 1.14 bits per heavy atom. The Kier molecular flexibility index (Phi) is 5.99. The summed E-state index contributed by atoms with van der Waals surface area (Å²) in [5.41, 5.74) is 3.38. The van der Waals surface area contributed by atoms with E-state index < -0.39 is 0 Å². The highest BCUT2D eigenvalue weighted by Crippen LogP contribution is 2.23. The van der Waals surface area contributed by atoms with Crippen LogP contribution in [-0.2, 0) is 6.42 Å². The third-order valence-electron chi connectivity index (χ3n) is 2.96. The molecule has 1 atom stereocenters. The number of nitrogens with two attached hydrogens (primary N) is 1. The average molecular weight is 329 g/mol. The van der Waals surface area contributed by atoms with Crippen LogP contribution < -0.4 is 11.3 Å². The van der Waals surface area contributed by atoms with Crippen molar-refractivity contribution in [3.8, 4) is 0 Å². The normalized spacial score (nSPS) is 12.4. The van der Waals surface area contributed by atoms with Gasteiger partial charge in [0.1, 0.15) is 11.6 Å². The van der Waals surface area contributed by atoms with Crippen LogP contribution >= 0.6 is 23.4 Å². The molecule has 1 unspecified atom stereocenters. The minimum absolute atomic E-state index is 0.0995. The molecule has 2 rings (SSSR count). The standard InChI is InChI=1S/C15H15ClF2N2S/c16-15-5-4-12(18)6-10(15)7-13(20-19)9-21-14-3-1-2-11(17)8-14/h1-6,8,13,20H,7,9,19H2. The predicted octanol–water partition coefficient (Wildman–Crippen LogP) is 3.78. The minimum atomic E-state index is -0.331. The molecule has 2 aromatic rings. The number of hydrogen-bond acceptors (Lipinski definition) is 3. The fraction of sp³-hybridized carbons (Fsp3) is 0.200. The summed E-state index contributed by atoms with van der Waals surface area (Å²) in [5, 5.41) is 0.507. The molecule has 0 radical (unpaired) electrons. The number of nitrogens with one attached hydrogen (secondary N) is 1. The molecule has 112 valence electrons. The van der Waals surface area contributed by atoms with Crippen LogP contribution in [0.4, 0.5) is 8.78 Å². The van der Waals surface area contributed by atoms with Gasteiger partial charge in [-0.2, -0.15) is 0 Å². The second-order valence-corrected chi connectivity index (χ2v) is 6.07. The maximum absolute atomic E-state index is 13.2. The van der Waals surface area contributed by atoms with E-state index in [9.17, 15) is 8.78 Å². The van der Waals surface area contributed by atoms with Crippen molar-refractivity contribution in [2.75, 3.05) is 5.75 Å². The molecule has 0 aromatic heterocycles. The summed E-state index contributed by atoms with van der Waals surface area (Å²) < 4.78 is 26.3. The molecule has 0 aliphatic carbocycles. The molecule has 0 saturated heterocycles. The van der Waals surface area contributed by atoms with Crippen LogP contribution in [0.3, 0.4) is 0 Å². The summed E-state index contributed by atoms with van der Waals surface area (Å²) in [6.45, 7) is 0. The van der Waals surface area contributed by atoms with Gasteiger partial charge in [-0.25, -0.2) is 8.78 Å². The zero-order valence-corrected chi connectivity index (χ0v) is 12.7. The van der Waals surface area contributed by atoms with Gasteiger partial charge in [0.15, 0.2) is 0 Å². The van der Waals surface area contributed by atoms with Crippen molar-refractivity contribution in [3.05, 3.63) is 64.7 Å². The number of benzene rings is 2. The van der Waals surface area contributed by atoms with Gasteiger partial charge in [0, 0.05) is 21.7 Å². The molecule has 0 amide bonds. The van der Waals surface area contributed by atoms with E-state index in [4.69, 9.17) is 17.4 Å². The minimum Gasteiger partial charge on any atom is -0.271 e. The molecule has 21 heavy (non-hydrogen) atoms. The molecule has 0 heterocycles. The molecule has 0 fully saturated rings. The van der Waals surface area contributed by atoms with Gasteiger partial charge in [-0.05, 0) is 48.4 Å². The van der Waals surface area contributed by atoms with Crippen LogP contribution in [0.25, 0.3) is 0 Å². The second-order valence-electron chi connectivity index (χ2n) is 4.57. The first kappa shape index (κ1) is 16.2. The van der Waals surface area contributed by atoms with E-state index in [1.54, 1.807) is 6.07 Å². The van der Waals surface area contributed by atoms with E-state index in [-0.39, 0.29) is 17.7 Å². The number of hydrazine groups is 1. The van der Waals surface area contributed by atoms with Gasteiger partial charge in [0.05, 0.1) is 0 Å². The summed E-state index contributed by atoms with van der Waals surface area (Å²) in [6, 6.07) is 10.5. The molecule has 2 aromatic carbocycles. The first-order valence-corrected chi connectivity index (χ1v) is 7.73. The van der Waals surface area contributed by atoms with Crippen molar-refractivity contribution in [2.24, 2.45) is 5.84 Å². The summed E-state index contributed by atoms with van der Waals surface area (Å²) in [5.74, 6) is 5.54.